The van der Waals surface area contributed by atoms with Gasteiger partial charge in [-0.1, -0.05) is 0 Å². The summed E-state index contributed by atoms with van der Waals surface area (Å²) >= 11 is 0. The summed E-state index contributed by atoms with van der Waals surface area (Å²) in [4.78, 5) is 22.1. The molecule has 0 aromatic rings. The minimum Gasteiger partial charge on any atom is -0.468 e. The van der Waals surface area contributed by atoms with Crippen LogP contribution in [0.3, 0.4) is 0 Å². The number of carbonyl (C=O) groups is 2. The molecule has 80 valence electrons. The number of hydrogen-bond acceptors (Lipinski definition) is 5. The standard InChI is InChI=1S/C8H14N2O4/c1-13-7(11)2-10-8(12)5-3-14-4-6(5)9/h5-6H,2-4,9H2,1H3,(H,10,12). The van der Waals surface area contributed by atoms with Gasteiger partial charge in [0.25, 0.3) is 0 Å². The van der Waals surface area contributed by atoms with Crippen molar-refractivity contribution in [1.82, 2.24) is 5.32 Å². The highest BCUT2D eigenvalue weighted by atomic mass is 16.5. The van der Waals surface area contributed by atoms with Gasteiger partial charge in [0, 0.05) is 6.04 Å². The van der Waals surface area contributed by atoms with Gasteiger partial charge in [-0.05, 0) is 0 Å². The van der Waals surface area contributed by atoms with E-state index < -0.39 is 5.97 Å². The van der Waals surface area contributed by atoms with E-state index in [1.165, 1.54) is 7.11 Å². The van der Waals surface area contributed by atoms with Gasteiger partial charge in [-0.3, -0.25) is 9.59 Å². The second-order valence-electron chi connectivity index (χ2n) is 3.10. The summed E-state index contributed by atoms with van der Waals surface area (Å²) in [6.45, 7) is 0.572. The Kier molecular flexibility index (Phi) is 3.84. The number of methoxy groups -OCH3 is 1. The molecule has 1 heterocycles. The molecule has 1 rings (SSSR count). The predicted molar refractivity (Wildman–Crippen MR) is 47.3 cm³/mol. The maximum Gasteiger partial charge on any atom is 0.325 e. The predicted octanol–water partition coefficient (Wildman–Crippen LogP) is -1.75. The van der Waals surface area contributed by atoms with Crippen molar-refractivity contribution in [1.29, 1.82) is 0 Å². The Morgan fingerprint density at radius 2 is 2.29 bits per heavy atom. The van der Waals surface area contributed by atoms with Gasteiger partial charge in [-0.25, -0.2) is 0 Å². The van der Waals surface area contributed by atoms with Crippen LogP contribution in [0.5, 0.6) is 0 Å². The van der Waals surface area contributed by atoms with Gasteiger partial charge in [-0.15, -0.1) is 0 Å². The Balaban J connectivity index is 2.31. The van der Waals surface area contributed by atoms with Crippen molar-refractivity contribution in [2.45, 2.75) is 6.04 Å². The molecular weight excluding hydrogens is 188 g/mol. The van der Waals surface area contributed by atoms with Crippen molar-refractivity contribution < 1.29 is 19.1 Å². The van der Waals surface area contributed by atoms with Gasteiger partial charge in [0.05, 0.1) is 26.2 Å². The van der Waals surface area contributed by atoms with Crippen LogP contribution in [0.1, 0.15) is 0 Å². The first-order valence-corrected chi connectivity index (χ1v) is 4.33. The molecule has 0 saturated carbocycles. The van der Waals surface area contributed by atoms with E-state index in [0.717, 1.165) is 0 Å². The molecule has 1 fully saturated rings. The normalized spacial score (nSPS) is 25.9. The molecule has 1 aliphatic heterocycles. The van der Waals surface area contributed by atoms with E-state index in [0.29, 0.717) is 13.2 Å². The fraction of sp³-hybridized carbons (Fsp3) is 0.750. The van der Waals surface area contributed by atoms with Crippen molar-refractivity contribution in [3.8, 4) is 0 Å². The van der Waals surface area contributed by atoms with Crippen LogP contribution in [-0.2, 0) is 19.1 Å². The first kappa shape index (κ1) is 10.9. The van der Waals surface area contributed by atoms with E-state index in [2.05, 4.69) is 10.1 Å². The lowest BCUT2D eigenvalue weighted by molar-refractivity contribution is -0.141. The highest BCUT2D eigenvalue weighted by Gasteiger charge is 2.31. The molecule has 3 N–H and O–H groups in total. The van der Waals surface area contributed by atoms with E-state index >= 15 is 0 Å². The lowest BCUT2D eigenvalue weighted by atomic mass is 10.0. The molecule has 2 unspecified atom stereocenters. The quantitative estimate of drug-likeness (QED) is 0.529. The van der Waals surface area contributed by atoms with Crippen molar-refractivity contribution in [3.63, 3.8) is 0 Å². The summed E-state index contributed by atoms with van der Waals surface area (Å²) in [5.74, 6) is -1.11. The van der Waals surface area contributed by atoms with Crippen molar-refractivity contribution in [2.75, 3.05) is 26.9 Å². The van der Waals surface area contributed by atoms with E-state index in [1.54, 1.807) is 0 Å². The molecule has 1 saturated heterocycles. The molecule has 6 heteroatoms. The van der Waals surface area contributed by atoms with Crippen LogP contribution in [0.4, 0.5) is 0 Å². The number of amides is 1. The molecule has 1 amide bonds. The van der Waals surface area contributed by atoms with Gasteiger partial charge >= 0.3 is 5.97 Å². The smallest absolute Gasteiger partial charge is 0.325 e. The van der Waals surface area contributed by atoms with Crippen LogP contribution >= 0.6 is 0 Å². The highest BCUT2D eigenvalue weighted by molar-refractivity contribution is 5.84. The zero-order valence-electron chi connectivity index (χ0n) is 7.99. The average molecular weight is 202 g/mol. The lowest BCUT2D eigenvalue weighted by Crippen LogP contribution is -2.42. The molecule has 14 heavy (non-hydrogen) atoms. The highest BCUT2D eigenvalue weighted by Crippen LogP contribution is 2.10. The Morgan fingerprint density at radius 1 is 1.57 bits per heavy atom. The van der Waals surface area contributed by atoms with E-state index in [4.69, 9.17) is 10.5 Å². The molecule has 6 nitrogen and oxygen atoms in total. The number of hydrogen-bond donors (Lipinski definition) is 2. The zero-order chi connectivity index (χ0) is 10.6. The van der Waals surface area contributed by atoms with Crippen LogP contribution < -0.4 is 11.1 Å². The number of rotatable bonds is 3. The Hall–Kier alpha value is -1.14. The summed E-state index contributed by atoms with van der Waals surface area (Å²) < 4.78 is 9.40. The monoisotopic (exact) mass is 202 g/mol. The number of ether oxygens (including phenoxy) is 2. The van der Waals surface area contributed by atoms with E-state index in [-0.39, 0.29) is 24.4 Å². The summed E-state index contributed by atoms with van der Waals surface area (Å²) in [7, 11) is 1.26. The maximum atomic E-state index is 11.4. The van der Waals surface area contributed by atoms with Crippen LogP contribution in [-0.4, -0.2) is 44.8 Å². The summed E-state index contributed by atoms with van der Waals surface area (Å²) in [6, 6.07) is -0.285. The number of esters is 1. The second kappa shape index (κ2) is 4.92. The first-order valence-electron chi connectivity index (χ1n) is 4.33. The van der Waals surface area contributed by atoms with Crippen LogP contribution in [0.25, 0.3) is 0 Å². The summed E-state index contributed by atoms with van der Waals surface area (Å²) in [5.41, 5.74) is 5.62. The summed E-state index contributed by atoms with van der Waals surface area (Å²) in [5, 5.41) is 2.43. The number of nitrogens with one attached hydrogen (secondary N) is 1. The number of carbonyl (C=O) groups excluding carboxylic acids is 2. The SMILES string of the molecule is COC(=O)CNC(=O)C1COCC1N. The maximum absolute atomic E-state index is 11.4. The largest absolute Gasteiger partial charge is 0.468 e. The van der Waals surface area contributed by atoms with Crippen molar-refractivity contribution >= 4 is 11.9 Å². The third kappa shape index (κ3) is 2.68. The molecule has 0 bridgehead atoms. The molecule has 0 aliphatic carbocycles. The van der Waals surface area contributed by atoms with Gasteiger partial charge in [0.15, 0.2) is 0 Å². The molecule has 0 spiro atoms. The van der Waals surface area contributed by atoms with Crippen LogP contribution in [0, 0.1) is 5.92 Å². The Labute approximate surface area is 81.7 Å². The van der Waals surface area contributed by atoms with Crippen LogP contribution in [0.15, 0.2) is 0 Å². The summed E-state index contributed by atoms with van der Waals surface area (Å²) in [6.07, 6.45) is 0. The molecule has 1 aliphatic rings. The average Bonchev–Trinajstić information content (AvgIpc) is 2.60. The second-order valence-corrected chi connectivity index (χ2v) is 3.10. The number of nitrogens with two attached hydrogens (primary N) is 1. The van der Waals surface area contributed by atoms with Gasteiger partial charge in [0.1, 0.15) is 6.54 Å². The van der Waals surface area contributed by atoms with Crippen molar-refractivity contribution in [3.05, 3.63) is 0 Å². The molecule has 2 atom stereocenters. The molecule has 0 radical (unpaired) electrons. The zero-order valence-corrected chi connectivity index (χ0v) is 7.99. The Morgan fingerprint density at radius 3 is 2.79 bits per heavy atom. The third-order valence-electron chi connectivity index (χ3n) is 2.10. The van der Waals surface area contributed by atoms with Gasteiger partial charge < -0.3 is 20.5 Å². The fourth-order valence-electron chi connectivity index (χ4n) is 1.20. The molecular formula is C8H14N2O4. The molecule has 0 aromatic carbocycles. The van der Waals surface area contributed by atoms with Gasteiger partial charge in [0.2, 0.25) is 5.91 Å². The van der Waals surface area contributed by atoms with Gasteiger partial charge in [-0.2, -0.15) is 0 Å². The first-order chi connectivity index (χ1) is 6.65. The lowest BCUT2D eigenvalue weighted by Gasteiger charge is -2.12. The minimum atomic E-state index is -0.481. The fourth-order valence-corrected chi connectivity index (χ4v) is 1.20. The van der Waals surface area contributed by atoms with Crippen molar-refractivity contribution in [2.24, 2.45) is 11.7 Å². The minimum absolute atomic E-state index is 0.126. The molecule has 0 aromatic heterocycles. The van der Waals surface area contributed by atoms with Crippen LogP contribution in [0.2, 0.25) is 0 Å². The third-order valence-corrected chi connectivity index (χ3v) is 2.10. The Bertz CT molecular complexity index is 231. The topological polar surface area (TPSA) is 90.6 Å². The van der Waals surface area contributed by atoms with E-state index in [1.807, 2.05) is 0 Å². The van der Waals surface area contributed by atoms with E-state index in [9.17, 15) is 9.59 Å².